The van der Waals surface area contributed by atoms with Crippen LogP contribution in [-0.4, -0.2) is 79.1 Å². The van der Waals surface area contributed by atoms with Crippen LogP contribution in [0.25, 0.3) is 28.2 Å². The van der Waals surface area contributed by atoms with Crippen molar-refractivity contribution in [2.45, 2.75) is 20.4 Å². The minimum atomic E-state index is 0.306. The number of fused-ring (bicyclic) bond motifs is 2. The molecule has 5 aromatic rings. The van der Waals surface area contributed by atoms with Crippen LogP contribution in [0.2, 0.25) is 0 Å². The zero-order valence-corrected chi connectivity index (χ0v) is 21.2. The van der Waals surface area contributed by atoms with Gasteiger partial charge in [-0.25, -0.2) is 15.0 Å². The van der Waals surface area contributed by atoms with E-state index >= 15 is 0 Å². The van der Waals surface area contributed by atoms with Gasteiger partial charge in [-0.2, -0.15) is 0 Å². The fraction of sp³-hybridized carbons (Fsp3) is 0.360. The van der Waals surface area contributed by atoms with Gasteiger partial charge in [0, 0.05) is 51.5 Å². The SMILES string of the molecule is CCOC.Cc1nnc2c(N)nc(-c3nc4cnc(N5CCOCC5)cc4n3Cc3cccnc3)cn12. The van der Waals surface area contributed by atoms with Gasteiger partial charge in [-0.15, -0.1) is 10.2 Å². The van der Waals surface area contributed by atoms with Crippen molar-refractivity contribution in [3.8, 4) is 11.5 Å². The summed E-state index contributed by atoms with van der Waals surface area (Å²) in [6.45, 7) is 8.24. The van der Waals surface area contributed by atoms with Gasteiger partial charge < -0.3 is 24.7 Å². The van der Waals surface area contributed by atoms with Gasteiger partial charge in [0.1, 0.15) is 22.9 Å². The molecule has 5 aromatic heterocycles. The first-order chi connectivity index (χ1) is 18.1. The molecule has 6 rings (SSSR count). The zero-order chi connectivity index (χ0) is 25.8. The molecule has 0 atom stereocenters. The van der Waals surface area contributed by atoms with Crippen LogP contribution in [0.3, 0.4) is 0 Å². The Balaban J connectivity index is 0.000000655. The molecule has 37 heavy (non-hydrogen) atoms. The maximum atomic E-state index is 6.21. The third kappa shape index (κ3) is 5.06. The van der Waals surface area contributed by atoms with Gasteiger partial charge in [0.15, 0.2) is 11.6 Å². The summed E-state index contributed by atoms with van der Waals surface area (Å²) in [6.07, 6.45) is 7.31. The first-order valence-electron chi connectivity index (χ1n) is 12.1. The molecule has 0 aliphatic carbocycles. The number of anilines is 2. The molecular weight excluding hydrogens is 472 g/mol. The lowest BCUT2D eigenvalue weighted by Crippen LogP contribution is -2.36. The number of aryl methyl sites for hydroxylation is 1. The Morgan fingerprint density at radius 3 is 2.68 bits per heavy atom. The van der Waals surface area contributed by atoms with Crippen LogP contribution in [0.4, 0.5) is 11.6 Å². The van der Waals surface area contributed by atoms with E-state index in [1.54, 1.807) is 13.3 Å². The lowest BCUT2D eigenvalue weighted by atomic mass is 10.2. The van der Waals surface area contributed by atoms with Gasteiger partial charge >= 0.3 is 0 Å². The van der Waals surface area contributed by atoms with Gasteiger partial charge in [-0.05, 0) is 25.5 Å². The van der Waals surface area contributed by atoms with Gasteiger partial charge in [0.2, 0.25) is 5.65 Å². The number of methoxy groups -OCH3 is 1. The predicted molar refractivity (Wildman–Crippen MR) is 140 cm³/mol. The monoisotopic (exact) mass is 502 g/mol. The Kier molecular flexibility index (Phi) is 7.19. The molecule has 0 bridgehead atoms. The van der Waals surface area contributed by atoms with Crippen LogP contribution in [-0.2, 0) is 16.0 Å². The zero-order valence-electron chi connectivity index (χ0n) is 21.2. The van der Waals surface area contributed by atoms with Crippen molar-refractivity contribution in [1.29, 1.82) is 0 Å². The number of rotatable bonds is 5. The summed E-state index contributed by atoms with van der Waals surface area (Å²) in [6, 6.07) is 6.05. The molecule has 0 saturated carbocycles. The van der Waals surface area contributed by atoms with E-state index < -0.39 is 0 Å². The fourth-order valence-electron chi connectivity index (χ4n) is 4.15. The standard InChI is InChI=1S/C22H22N10O.C3H8O/c1-14-28-29-22-20(23)26-17(13-31(14)22)21-27-16-11-25-19(30-5-7-33-8-6-30)9-18(16)32(21)12-15-3-2-4-24-10-15;1-3-4-2/h2-4,9-11,13H,5-8,12H2,1H3,(H2,23,26);3H2,1-2H3. The summed E-state index contributed by atoms with van der Waals surface area (Å²) >= 11 is 0. The molecule has 0 radical (unpaired) electrons. The topological polar surface area (TPSA) is 134 Å². The quantitative estimate of drug-likeness (QED) is 0.382. The highest BCUT2D eigenvalue weighted by Gasteiger charge is 2.20. The Bertz CT molecular complexity index is 1490. The Morgan fingerprint density at radius 2 is 1.95 bits per heavy atom. The van der Waals surface area contributed by atoms with Gasteiger partial charge in [-0.1, -0.05) is 6.07 Å². The minimum Gasteiger partial charge on any atom is -0.385 e. The highest BCUT2D eigenvalue weighted by atomic mass is 16.5. The number of nitrogens with two attached hydrogens (primary N) is 1. The van der Waals surface area contributed by atoms with Crippen molar-refractivity contribution in [1.82, 2.24) is 39.1 Å². The molecular formula is C25H30N10O2. The van der Waals surface area contributed by atoms with E-state index in [1.165, 1.54) is 0 Å². The number of hydrogen-bond acceptors (Lipinski definition) is 10. The molecule has 0 aromatic carbocycles. The Labute approximate surface area is 214 Å². The van der Waals surface area contributed by atoms with E-state index in [2.05, 4.69) is 45.4 Å². The van der Waals surface area contributed by atoms with Crippen LogP contribution >= 0.6 is 0 Å². The normalized spacial score (nSPS) is 13.6. The molecule has 1 aliphatic heterocycles. The number of aromatic nitrogens is 8. The highest BCUT2D eigenvalue weighted by molar-refractivity contribution is 5.82. The summed E-state index contributed by atoms with van der Waals surface area (Å²) in [4.78, 5) is 20.7. The van der Waals surface area contributed by atoms with E-state index in [-0.39, 0.29) is 0 Å². The van der Waals surface area contributed by atoms with E-state index in [9.17, 15) is 0 Å². The number of morpholine rings is 1. The number of nitrogen functional groups attached to an aromatic ring is 1. The lowest BCUT2D eigenvalue weighted by molar-refractivity contribution is 0.122. The number of hydrogen-bond donors (Lipinski definition) is 1. The smallest absolute Gasteiger partial charge is 0.203 e. The molecule has 6 heterocycles. The maximum Gasteiger partial charge on any atom is 0.203 e. The average molecular weight is 503 g/mol. The van der Waals surface area contributed by atoms with Gasteiger partial charge in [0.05, 0.1) is 31.5 Å². The molecule has 192 valence electrons. The second-order valence-corrected chi connectivity index (χ2v) is 8.54. The van der Waals surface area contributed by atoms with Crippen molar-refractivity contribution >= 4 is 28.3 Å². The summed E-state index contributed by atoms with van der Waals surface area (Å²) in [5.41, 5.74) is 10.2. The van der Waals surface area contributed by atoms with E-state index in [4.69, 9.17) is 15.5 Å². The molecule has 2 N–H and O–H groups in total. The lowest BCUT2D eigenvalue weighted by Gasteiger charge is -2.27. The van der Waals surface area contributed by atoms with Crippen LogP contribution in [0.1, 0.15) is 18.3 Å². The van der Waals surface area contributed by atoms with E-state index in [0.29, 0.717) is 42.7 Å². The molecule has 12 nitrogen and oxygen atoms in total. The highest BCUT2D eigenvalue weighted by Crippen LogP contribution is 2.28. The van der Waals surface area contributed by atoms with Crippen molar-refractivity contribution < 1.29 is 9.47 Å². The summed E-state index contributed by atoms with van der Waals surface area (Å²) < 4.78 is 14.0. The molecule has 12 heteroatoms. The fourth-order valence-corrected chi connectivity index (χ4v) is 4.15. The van der Waals surface area contributed by atoms with Crippen LogP contribution in [0, 0.1) is 6.92 Å². The number of nitrogens with zero attached hydrogens (tertiary/aromatic N) is 9. The first kappa shape index (κ1) is 24.5. The van der Waals surface area contributed by atoms with Crippen molar-refractivity contribution in [3.05, 3.63) is 54.4 Å². The third-order valence-corrected chi connectivity index (χ3v) is 6.12. The molecule has 1 fully saturated rings. The summed E-state index contributed by atoms with van der Waals surface area (Å²) in [5.74, 6) is 2.63. The second-order valence-electron chi connectivity index (χ2n) is 8.54. The molecule has 1 saturated heterocycles. The van der Waals surface area contributed by atoms with Gasteiger partial charge in [-0.3, -0.25) is 9.38 Å². The molecule has 0 unspecified atom stereocenters. The molecule has 1 aliphatic rings. The van der Waals surface area contributed by atoms with E-state index in [0.717, 1.165) is 47.9 Å². The number of pyridine rings is 2. The Morgan fingerprint density at radius 1 is 1.14 bits per heavy atom. The number of ether oxygens (including phenoxy) is 2. The molecule has 0 amide bonds. The third-order valence-electron chi connectivity index (χ3n) is 6.12. The van der Waals surface area contributed by atoms with Crippen molar-refractivity contribution in [2.24, 2.45) is 0 Å². The second kappa shape index (κ2) is 10.8. The molecule has 0 spiro atoms. The van der Waals surface area contributed by atoms with Crippen molar-refractivity contribution in [2.75, 3.05) is 50.7 Å². The Hall–Kier alpha value is -4.16. The largest absolute Gasteiger partial charge is 0.385 e. The average Bonchev–Trinajstić information content (AvgIpc) is 3.50. The first-order valence-corrected chi connectivity index (χ1v) is 12.1. The maximum absolute atomic E-state index is 6.21. The number of imidazole rings is 1. The van der Waals surface area contributed by atoms with Crippen LogP contribution < -0.4 is 10.6 Å². The predicted octanol–water partition coefficient (Wildman–Crippen LogP) is 2.36. The van der Waals surface area contributed by atoms with Crippen LogP contribution in [0.15, 0.2) is 43.0 Å². The van der Waals surface area contributed by atoms with E-state index in [1.807, 2.05) is 49.0 Å². The van der Waals surface area contributed by atoms with Crippen molar-refractivity contribution in [3.63, 3.8) is 0 Å². The minimum absolute atomic E-state index is 0.306. The summed E-state index contributed by atoms with van der Waals surface area (Å²) in [7, 11) is 1.68. The summed E-state index contributed by atoms with van der Waals surface area (Å²) in [5, 5.41) is 8.23. The van der Waals surface area contributed by atoms with Gasteiger partial charge in [0.25, 0.3) is 0 Å². The van der Waals surface area contributed by atoms with Crippen LogP contribution in [0.5, 0.6) is 0 Å².